The number of benzene rings is 3. The first-order valence-electron chi connectivity index (χ1n) is 15.0. The molecule has 4 aromatic rings. The van der Waals surface area contributed by atoms with Crippen molar-refractivity contribution in [2.45, 2.75) is 39.8 Å². The van der Waals surface area contributed by atoms with Crippen LogP contribution in [0.1, 0.15) is 46.6 Å². The first-order chi connectivity index (χ1) is 20.6. The number of morpholine rings is 1. The molecule has 1 fully saturated rings. The molecule has 0 bridgehead atoms. The number of phenols is 1. The molecule has 1 aromatic heterocycles. The van der Waals surface area contributed by atoms with Crippen LogP contribution in [0, 0.1) is 0 Å². The molecular weight excluding hydrogens is 526 g/mol. The minimum atomic E-state index is 0.00810. The summed E-state index contributed by atoms with van der Waals surface area (Å²) < 4.78 is 5.59. The fraction of sp³-hybridized carbons (Fsp3) is 0.353. The summed E-state index contributed by atoms with van der Waals surface area (Å²) in [6, 6.07) is 18.9. The van der Waals surface area contributed by atoms with E-state index in [9.17, 15) is 9.90 Å². The van der Waals surface area contributed by atoms with E-state index in [1.165, 1.54) is 0 Å². The van der Waals surface area contributed by atoms with Crippen LogP contribution in [-0.4, -0.2) is 65.3 Å². The van der Waals surface area contributed by atoms with Gasteiger partial charge in [-0.15, -0.1) is 0 Å². The Kier molecular flexibility index (Phi) is 8.15. The van der Waals surface area contributed by atoms with E-state index >= 15 is 0 Å². The Morgan fingerprint density at radius 2 is 1.79 bits per heavy atom. The topological polar surface area (TPSA) is 84.9 Å². The van der Waals surface area contributed by atoms with E-state index in [4.69, 9.17) is 4.74 Å². The number of hydrogen-bond acceptors (Lipinski definition) is 6. The highest BCUT2D eigenvalue weighted by atomic mass is 16.5. The average Bonchev–Trinajstić information content (AvgIpc) is 3.48. The molecular formula is C34H39N5O3. The summed E-state index contributed by atoms with van der Waals surface area (Å²) in [5.74, 6) is 0.306. The Labute approximate surface area is 247 Å². The molecule has 8 heteroatoms. The van der Waals surface area contributed by atoms with E-state index in [-0.39, 0.29) is 5.91 Å². The van der Waals surface area contributed by atoms with E-state index in [1.807, 2.05) is 30.2 Å². The first kappa shape index (κ1) is 27.8. The van der Waals surface area contributed by atoms with Crippen LogP contribution in [0.4, 0.5) is 11.4 Å². The number of carbonyl (C=O) groups is 1. The lowest BCUT2D eigenvalue weighted by molar-refractivity contribution is 0.0750. The van der Waals surface area contributed by atoms with Gasteiger partial charge in [0.1, 0.15) is 5.75 Å². The Hall–Kier alpha value is -4.30. The van der Waals surface area contributed by atoms with Gasteiger partial charge >= 0.3 is 0 Å². The number of phenolic OH excluding ortho intramolecular Hbond substituents is 1. The van der Waals surface area contributed by atoms with Gasteiger partial charge in [0.15, 0.2) is 0 Å². The predicted octanol–water partition coefficient (Wildman–Crippen LogP) is 5.41. The molecule has 0 spiro atoms. The van der Waals surface area contributed by atoms with Crippen molar-refractivity contribution in [1.82, 2.24) is 14.9 Å². The molecule has 3 heterocycles. The summed E-state index contributed by atoms with van der Waals surface area (Å²) in [5.41, 5.74) is 8.67. The average molecular weight is 566 g/mol. The number of amides is 1. The monoisotopic (exact) mass is 565 g/mol. The summed E-state index contributed by atoms with van der Waals surface area (Å²) in [5, 5.41) is 11.3. The normalized spacial score (nSPS) is 15.4. The van der Waals surface area contributed by atoms with Crippen molar-refractivity contribution in [3.63, 3.8) is 0 Å². The van der Waals surface area contributed by atoms with Gasteiger partial charge in [-0.3, -0.25) is 4.79 Å². The van der Waals surface area contributed by atoms with Gasteiger partial charge < -0.3 is 29.5 Å². The number of aryl methyl sites for hydroxylation is 1. The van der Waals surface area contributed by atoms with Crippen molar-refractivity contribution in [2.24, 2.45) is 0 Å². The second-order valence-electron chi connectivity index (χ2n) is 11.0. The quantitative estimate of drug-likeness (QED) is 0.312. The number of nitrogens with one attached hydrogen (secondary N) is 1. The van der Waals surface area contributed by atoms with E-state index < -0.39 is 0 Å². The smallest absolute Gasteiger partial charge is 0.254 e. The second kappa shape index (κ2) is 12.3. The SMILES string of the molecule is CCc1cc(C(=O)N2CCN(Cc3c[nH]cn3)c3ccc(-c4ccccc4)cc3C2)c(CC)c(N2CCOCC2)c1O. The molecule has 2 N–H and O–H groups in total. The van der Waals surface area contributed by atoms with Gasteiger partial charge in [-0.25, -0.2) is 4.98 Å². The number of aromatic hydroxyl groups is 1. The minimum Gasteiger partial charge on any atom is -0.505 e. The van der Waals surface area contributed by atoms with Gasteiger partial charge in [0, 0.05) is 50.2 Å². The van der Waals surface area contributed by atoms with Crippen molar-refractivity contribution in [3.8, 4) is 16.9 Å². The number of hydrogen-bond donors (Lipinski definition) is 2. The van der Waals surface area contributed by atoms with Gasteiger partial charge in [0.2, 0.25) is 0 Å². The molecule has 0 unspecified atom stereocenters. The zero-order valence-corrected chi connectivity index (χ0v) is 24.5. The highest BCUT2D eigenvalue weighted by Crippen LogP contribution is 2.39. The highest BCUT2D eigenvalue weighted by molar-refractivity contribution is 5.98. The van der Waals surface area contributed by atoms with Gasteiger partial charge in [-0.1, -0.05) is 50.2 Å². The Morgan fingerprint density at radius 1 is 0.976 bits per heavy atom. The maximum Gasteiger partial charge on any atom is 0.254 e. The predicted molar refractivity (Wildman–Crippen MR) is 166 cm³/mol. The van der Waals surface area contributed by atoms with E-state index in [2.05, 4.69) is 69.2 Å². The van der Waals surface area contributed by atoms with Crippen LogP contribution in [0.25, 0.3) is 11.1 Å². The van der Waals surface area contributed by atoms with Gasteiger partial charge in [0.25, 0.3) is 5.91 Å². The van der Waals surface area contributed by atoms with Crippen molar-refractivity contribution in [2.75, 3.05) is 49.2 Å². The van der Waals surface area contributed by atoms with E-state index in [0.29, 0.717) is 76.6 Å². The third-order valence-electron chi connectivity index (χ3n) is 8.47. The van der Waals surface area contributed by atoms with Crippen LogP contribution in [0.3, 0.4) is 0 Å². The fourth-order valence-electron chi connectivity index (χ4n) is 6.26. The van der Waals surface area contributed by atoms with Crippen LogP contribution in [0.15, 0.2) is 67.1 Å². The molecule has 218 valence electrons. The number of aromatic amines is 1. The highest BCUT2D eigenvalue weighted by Gasteiger charge is 2.30. The standard InChI is InChI=1S/C34H39N5O3/c1-3-24-19-30(29(4-2)32(33(24)40)37-14-16-42-17-15-37)34(41)39-13-12-38(22-28-20-35-23-36-28)31-11-10-26(18-27(31)21-39)25-8-6-5-7-9-25/h5-11,18-20,23,40H,3-4,12-17,21-22H2,1-2H3,(H,35,36). The largest absolute Gasteiger partial charge is 0.505 e. The van der Waals surface area contributed by atoms with Gasteiger partial charge in [-0.2, -0.15) is 0 Å². The maximum atomic E-state index is 14.5. The number of nitrogens with zero attached hydrogens (tertiary/aromatic N) is 4. The van der Waals surface area contributed by atoms with Crippen LogP contribution in [0.2, 0.25) is 0 Å². The van der Waals surface area contributed by atoms with Crippen LogP contribution < -0.4 is 9.80 Å². The molecule has 0 atom stereocenters. The molecule has 2 aliphatic rings. The molecule has 2 aliphatic heterocycles. The van der Waals surface area contributed by atoms with Crippen LogP contribution >= 0.6 is 0 Å². The number of fused-ring (bicyclic) bond motifs is 1. The van der Waals surface area contributed by atoms with Gasteiger partial charge in [-0.05, 0) is 58.9 Å². The number of anilines is 2. The Bertz CT molecular complexity index is 1530. The molecule has 0 aliphatic carbocycles. The number of rotatable bonds is 7. The summed E-state index contributed by atoms with van der Waals surface area (Å²) >= 11 is 0. The number of H-pyrrole nitrogens is 1. The lowest BCUT2D eigenvalue weighted by Gasteiger charge is -2.33. The fourth-order valence-corrected chi connectivity index (χ4v) is 6.26. The first-order valence-corrected chi connectivity index (χ1v) is 15.0. The summed E-state index contributed by atoms with van der Waals surface area (Å²) in [7, 11) is 0. The second-order valence-corrected chi connectivity index (χ2v) is 11.0. The van der Waals surface area contributed by atoms with Crippen molar-refractivity contribution in [3.05, 3.63) is 95.1 Å². The van der Waals surface area contributed by atoms with Crippen LogP contribution in [-0.2, 0) is 30.7 Å². The third kappa shape index (κ3) is 5.46. The number of carbonyl (C=O) groups excluding carboxylic acids is 1. The maximum absolute atomic E-state index is 14.5. The van der Waals surface area contributed by atoms with Crippen molar-refractivity contribution >= 4 is 17.3 Å². The molecule has 1 amide bonds. The summed E-state index contributed by atoms with van der Waals surface area (Å²) in [6.45, 7) is 9.14. The summed E-state index contributed by atoms with van der Waals surface area (Å²) in [6.07, 6.45) is 4.93. The molecule has 42 heavy (non-hydrogen) atoms. The Balaban J connectivity index is 1.40. The lowest BCUT2D eigenvalue weighted by atomic mass is 9.94. The third-order valence-corrected chi connectivity index (χ3v) is 8.47. The zero-order valence-electron chi connectivity index (χ0n) is 24.5. The molecule has 6 rings (SSSR count). The zero-order chi connectivity index (χ0) is 29.1. The minimum absolute atomic E-state index is 0.00810. The molecule has 3 aromatic carbocycles. The Morgan fingerprint density at radius 3 is 2.50 bits per heavy atom. The number of imidazole rings is 1. The van der Waals surface area contributed by atoms with E-state index in [1.54, 1.807) is 6.33 Å². The summed E-state index contributed by atoms with van der Waals surface area (Å²) in [4.78, 5) is 28.5. The number of ether oxygens (including phenoxy) is 1. The molecule has 0 saturated carbocycles. The number of aromatic nitrogens is 2. The van der Waals surface area contributed by atoms with Crippen LogP contribution in [0.5, 0.6) is 5.75 Å². The van der Waals surface area contributed by atoms with E-state index in [0.717, 1.165) is 44.9 Å². The molecule has 8 nitrogen and oxygen atoms in total. The lowest BCUT2D eigenvalue weighted by Crippen LogP contribution is -2.38. The van der Waals surface area contributed by atoms with Crippen molar-refractivity contribution in [1.29, 1.82) is 0 Å². The molecule has 1 saturated heterocycles. The van der Waals surface area contributed by atoms with Crippen molar-refractivity contribution < 1.29 is 14.6 Å². The molecule has 0 radical (unpaired) electrons. The van der Waals surface area contributed by atoms with Gasteiger partial charge in [0.05, 0.1) is 37.5 Å².